The van der Waals surface area contributed by atoms with Gasteiger partial charge in [-0.25, -0.2) is 4.39 Å². The van der Waals surface area contributed by atoms with Gasteiger partial charge in [-0.15, -0.1) is 0 Å². The molecular weight excluding hydrogens is 243 g/mol. The zero-order valence-electron chi connectivity index (χ0n) is 10.4. The summed E-state index contributed by atoms with van der Waals surface area (Å²) in [6.45, 7) is 0. The van der Waals surface area contributed by atoms with Gasteiger partial charge in [0.15, 0.2) is 0 Å². The SMILES string of the molecule is O=Cc1cc(F)cc(Oc2ccc3c(c2)CCC3)c1. The van der Waals surface area contributed by atoms with E-state index in [-0.39, 0.29) is 5.56 Å². The molecule has 0 aromatic heterocycles. The van der Waals surface area contributed by atoms with E-state index < -0.39 is 5.82 Å². The highest BCUT2D eigenvalue weighted by molar-refractivity contribution is 5.75. The molecule has 0 fully saturated rings. The summed E-state index contributed by atoms with van der Waals surface area (Å²) < 4.78 is 18.9. The van der Waals surface area contributed by atoms with Crippen LogP contribution in [0.3, 0.4) is 0 Å². The average molecular weight is 256 g/mol. The predicted molar refractivity (Wildman–Crippen MR) is 70.3 cm³/mol. The van der Waals surface area contributed by atoms with Crippen LogP contribution in [0.15, 0.2) is 36.4 Å². The summed E-state index contributed by atoms with van der Waals surface area (Å²) in [5.74, 6) is 0.559. The summed E-state index contributed by atoms with van der Waals surface area (Å²) in [6.07, 6.45) is 3.97. The molecule has 0 N–H and O–H groups in total. The zero-order valence-corrected chi connectivity index (χ0v) is 10.4. The third kappa shape index (κ3) is 2.50. The summed E-state index contributed by atoms with van der Waals surface area (Å²) in [5.41, 5.74) is 2.93. The second kappa shape index (κ2) is 4.84. The topological polar surface area (TPSA) is 26.3 Å². The van der Waals surface area contributed by atoms with E-state index in [1.807, 2.05) is 12.1 Å². The molecule has 2 aromatic rings. The Bertz CT molecular complexity index is 635. The van der Waals surface area contributed by atoms with Crippen molar-refractivity contribution in [3.05, 3.63) is 58.9 Å². The fourth-order valence-electron chi connectivity index (χ4n) is 2.46. The van der Waals surface area contributed by atoms with Crippen LogP contribution in [0, 0.1) is 5.82 Å². The van der Waals surface area contributed by atoms with Crippen molar-refractivity contribution < 1.29 is 13.9 Å². The first kappa shape index (κ1) is 11.9. The number of ether oxygens (including phenoxy) is 1. The van der Waals surface area contributed by atoms with Gasteiger partial charge in [0.05, 0.1) is 0 Å². The van der Waals surface area contributed by atoms with Crippen molar-refractivity contribution in [2.45, 2.75) is 19.3 Å². The predicted octanol–water partition coefficient (Wildman–Crippen LogP) is 3.92. The molecule has 0 amide bonds. The van der Waals surface area contributed by atoms with Crippen molar-refractivity contribution in [3.63, 3.8) is 0 Å². The lowest BCUT2D eigenvalue weighted by Gasteiger charge is -2.08. The monoisotopic (exact) mass is 256 g/mol. The van der Waals surface area contributed by atoms with Gasteiger partial charge in [0.25, 0.3) is 0 Å². The van der Waals surface area contributed by atoms with Crippen molar-refractivity contribution in [3.8, 4) is 11.5 Å². The molecule has 0 atom stereocenters. The lowest BCUT2D eigenvalue weighted by Crippen LogP contribution is -1.90. The molecule has 2 nitrogen and oxygen atoms in total. The summed E-state index contributed by atoms with van der Waals surface area (Å²) in [6, 6.07) is 9.92. The summed E-state index contributed by atoms with van der Waals surface area (Å²) in [5, 5.41) is 0. The second-order valence-electron chi connectivity index (χ2n) is 4.72. The maximum Gasteiger partial charge on any atom is 0.150 e. The lowest BCUT2D eigenvalue weighted by atomic mass is 10.1. The Balaban J connectivity index is 1.88. The molecule has 1 aliphatic rings. The van der Waals surface area contributed by atoms with E-state index in [4.69, 9.17) is 4.74 Å². The molecule has 0 heterocycles. The van der Waals surface area contributed by atoms with Crippen molar-refractivity contribution in [2.75, 3.05) is 0 Å². The Morgan fingerprint density at radius 1 is 1.00 bits per heavy atom. The minimum atomic E-state index is -0.472. The largest absolute Gasteiger partial charge is 0.457 e. The van der Waals surface area contributed by atoms with Crippen LogP contribution in [0.25, 0.3) is 0 Å². The van der Waals surface area contributed by atoms with Crippen molar-refractivity contribution in [1.29, 1.82) is 0 Å². The number of hydrogen-bond acceptors (Lipinski definition) is 2. The van der Waals surface area contributed by atoms with E-state index in [0.717, 1.165) is 12.8 Å². The maximum absolute atomic E-state index is 13.3. The molecule has 0 bridgehead atoms. The van der Waals surface area contributed by atoms with E-state index in [9.17, 15) is 9.18 Å². The number of hydrogen-bond donors (Lipinski definition) is 0. The molecule has 19 heavy (non-hydrogen) atoms. The van der Waals surface area contributed by atoms with Gasteiger partial charge in [-0.1, -0.05) is 6.07 Å². The molecule has 1 aliphatic carbocycles. The summed E-state index contributed by atoms with van der Waals surface area (Å²) in [4.78, 5) is 10.7. The molecule has 0 saturated carbocycles. The normalized spacial score (nSPS) is 13.1. The van der Waals surface area contributed by atoms with Crippen LogP contribution in [0.4, 0.5) is 4.39 Å². The Labute approximate surface area is 110 Å². The molecule has 3 rings (SSSR count). The van der Waals surface area contributed by atoms with Crippen LogP contribution in [-0.4, -0.2) is 6.29 Å². The molecule has 0 aliphatic heterocycles. The number of carbonyl (C=O) groups is 1. The first-order chi connectivity index (χ1) is 9.24. The van der Waals surface area contributed by atoms with E-state index in [1.165, 1.54) is 35.7 Å². The first-order valence-electron chi connectivity index (χ1n) is 6.30. The standard InChI is InChI=1S/C16H13FO2/c17-14-6-11(10-18)7-16(9-14)19-15-5-4-12-2-1-3-13(12)8-15/h4-10H,1-3H2. The Kier molecular flexibility index (Phi) is 3.03. The Morgan fingerprint density at radius 3 is 2.68 bits per heavy atom. The van der Waals surface area contributed by atoms with Gasteiger partial charge in [-0.05, 0) is 54.7 Å². The van der Waals surface area contributed by atoms with E-state index in [1.54, 1.807) is 0 Å². The minimum absolute atomic E-state index is 0.274. The van der Waals surface area contributed by atoms with Gasteiger partial charge in [0.1, 0.15) is 23.6 Å². The molecule has 0 radical (unpaired) electrons. The lowest BCUT2D eigenvalue weighted by molar-refractivity contribution is 0.112. The van der Waals surface area contributed by atoms with E-state index >= 15 is 0 Å². The number of benzene rings is 2. The van der Waals surface area contributed by atoms with Gasteiger partial charge in [0.2, 0.25) is 0 Å². The number of rotatable bonds is 3. The number of carbonyl (C=O) groups excluding carboxylic acids is 1. The highest BCUT2D eigenvalue weighted by Crippen LogP contribution is 2.29. The van der Waals surface area contributed by atoms with Crippen LogP contribution in [-0.2, 0) is 12.8 Å². The van der Waals surface area contributed by atoms with Gasteiger partial charge in [-0.2, -0.15) is 0 Å². The minimum Gasteiger partial charge on any atom is -0.457 e. The van der Waals surface area contributed by atoms with Crippen LogP contribution in [0.5, 0.6) is 11.5 Å². The third-order valence-corrected chi connectivity index (χ3v) is 3.34. The number of halogens is 1. The van der Waals surface area contributed by atoms with Crippen molar-refractivity contribution >= 4 is 6.29 Å². The third-order valence-electron chi connectivity index (χ3n) is 3.34. The summed E-state index contributed by atoms with van der Waals surface area (Å²) in [7, 11) is 0. The quantitative estimate of drug-likeness (QED) is 0.778. The van der Waals surface area contributed by atoms with Crippen LogP contribution in [0.2, 0.25) is 0 Å². The van der Waals surface area contributed by atoms with Gasteiger partial charge >= 0.3 is 0 Å². The van der Waals surface area contributed by atoms with E-state index in [2.05, 4.69) is 6.07 Å². The molecule has 0 unspecified atom stereocenters. The van der Waals surface area contributed by atoms with Crippen LogP contribution < -0.4 is 4.74 Å². The highest BCUT2D eigenvalue weighted by atomic mass is 19.1. The first-order valence-corrected chi connectivity index (χ1v) is 6.30. The van der Waals surface area contributed by atoms with Crippen molar-refractivity contribution in [1.82, 2.24) is 0 Å². The van der Waals surface area contributed by atoms with Gasteiger partial charge in [-0.3, -0.25) is 4.79 Å². The Hall–Kier alpha value is -2.16. The number of fused-ring (bicyclic) bond motifs is 1. The molecule has 2 aromatic carbocycles. The number of aryl methyl sites for hydroxylation is 2. The van der Waals surface area contributed by atoms with Gasteiger partial charge < -0.3 is 4.74 Å². The zero-order chi connectivity index (χ0) is 13.2. The Morgan fingerprint density at radius 2 is 1.84 bits per heavy atom. The number of aldehydes is 1. The maximum atomic E-state index is 13.3. The molecule has 3 heteroatoms. The molecular formula is C16H13FO2. The average Bonchev–Trinajstić information content (AvgIpc) is 2.85. The molecule has 0 spiro atoms. The smallest absolute Gasteiger partial charge is 0.150 e. The molecule has 0 saturated heterocycles. The fourth-order valence-corrected chi connectivity index (χ4v) is 2.46. The van der Waals surface area contributed by atoms with Crippen LogP contribution in [0.1, 0.15) is 27.9 Å². The van der Waals surface area contributed by atoms with Crippen LogP contribution >= 0.6 is 0 Å². The van der Waals surface area contributed by atoms with E-state index in [0.29, 0.717) is 17.8 Å². The molecule has 96 valence electrons. The van der Waals surface area contributed by atoms with Crippen molar-refractivity contribution in [2.24, 2.45) is 0 Å². The highest BCUT2D eigenvalue weighted by Gasteiger charge is 2.11. The van der Waals surface area contributed by atoms with Gasteiger partial charge in [0, 0.05) is 11.6 Å². The second-order valence-corrected chi connectivity index (χ2v) is 4.72. The fraction of sp³-hybridized carbons (Fsp3) is 0.188. The summed E-state index contributed by atoms with van der Waals surface area (Å²) >= 11 is 0.